The molecule has 0 nitrogen and oxygen atoms in total. The molecule has 0 aromatic rings. The van der Waals surface area contributed by atoms with E-state index in [1.807, 2.05) is 0 Å². The Kier molecular flexibility index (Phi) is 2.53. The Bertz CT molecular complexity index is 122. The molecular weight excluding hydrogens is 120 g/mol. The minimum absolute atomic E-state index is 0.861. The van der Waals surface area contributed by atoms with E-state index < -0.39 is 0 Å². The molecule has 0 aromatic carbocycles. The second-order valence-electron chi connectivity index (χ2n) is 3.64. The highest BCUT2D eigenvalue weighted by atomic mass is 14.3. The van der Waals surface area contributed by atoms with Gasteiger partial charge in [-0.05, 0) is 30.6 Å². The van der Waals surface area contributed by atoms with E-state index in [9.17, 15) is 0 Å². The van der Waals surface area contributed by atoms with Crippen LogP contribution >= 0.6 is 0 Å². The van der Waals surface area contributed by atoms with Crippen molar-refractivity contribution in [3.8, 4) is 0 Å². The molecule has 0 heteroatoms. The van der Waals surface area contributed by atoms with Gasteiger partial charge in [0, 0.05) is 0 Å². The highest BCUT2D eigenvalue weighted by Gasteiger charge is 2.23. The van der Waals surface area contributed by atoms with E-state index in [1.165, 1.54) is 12.8 Å². The average molecular weight is 138 g/mol. The third-order valence-corrected chi connectivity index (χ3v) is 2.67. The van der Waals surface area contributed by atoms with Crippen molar-refractivity contribution in [3.63, 3.8) is 0 Å². The lowest BCUT2D eigenvalue weighted by Crippen LogP contribution is -2.13. The fraction of sp³-hybridized carbons (Fsp3) is 0.800. The van der Waals surface area contributed by atoms with Gasteiger partial charge in [0.05, 0.1) is 0 Å². The summed E-state index contributed by atoms with van der Waals surface area (Å²) in [6.07, 6.45) is 7.37. The van der Waals surface area contributed by atoms with Gasteiger partial charge in [-0.2, -0.15) is 0 Å². The lowest BCUT2D eigenvalue weighted by molar-refractivity contribution is 0.312. The molecule has 0 aliphatic heterocycles. The highest BCUT2D eigenvalue weighted by Crippen LogP contribution is 2.33. The first-order valence-electron chi connectivity index (χ1n) is 4.42. The Balaban J connectivity index is 2.47. The topological polar surface area (TPSA) is 0 Å². The van der Waals surface area contributed by atoms with Gasteiger partial charge in [-0.1, -0.05) is 32.9 Å². The molecule has 2 unspecified atom stereocenters. The van der Waals surface area contributed by atoms with Crippen molar-refractivity contribution in [2.75, 3.05) is 0 Å². The molecule has 2 atom stereocenters. The molecule has 1 rings (SSSR count). The molecule has 0 radical (unpaired) electrons. The molecule has 1 aliphatic carbocycles. The van der Waals surface area contributed by atoms with Gasteiger partial charge in [0.1, 0.15) is 0 Å². The number of hydrogen-bond acceptors (Lipinski definition) is 0. The van der Waals surface area contributed by atoms with Gasteiger partial charge < -0.3 is 0 Å². The van der Waals surface area contributed by atoms with Crippen LogP contribution in [-0.4, -0.2) is 0 Å². The summed E-state index contributed by atoms with van der Waals surface area (Å²) < 4.78 is 0. The van der Waals surface area contributed by atoms with Crippen molar-refractivity contribution in [3.05, 3.63) is 12.2 Å². The third-order valence-electron chi connectivity index (χ3n) is 2.67. The molecule has 0 saturated heterocycles. The minimum Gasteiger partial charge on any atom is -0.0879 e. The van der Waals surface area contributed by atoms with E-state index in [-0.39, 0.29) is 0 Å². The molecule has 0 amide bonds. The lowest BCUT2D eigenvalue weighted by atomic mass is 9.84. The Morgan fingerprint density at radius 1 is 1.50 bits per heavy atom. The fourth-order valence-electron chi connectivity index (χ4n) is 1.93. The van der Waals surface area contributed by atoms with E-state index in [0.29, 0.717) is 0 Å². The zero-order valence-electron chi connectivity index (χ0n) is 7.30. The van der Waals surface area contributed by atoms with Crippen LogP contribution in [0.2, 0.25) is 0 Å². The quantitative estimate of drug-likeness (QED) is 0.514. The maximum Gasteiger partial charge on any atom is -0.0202 e. The molecule has 0 fully saturated rings. The van der Waals surface area contributed by atoms with Crippen molar-refractivity contribution in [1.82, 2.24) is 0 Å². The lowest BCUT2D eigenvalue weighted by Gasteiger charge is -2.21. The molecule has 0 spiro atoms. The monoisotopic (exact) mass is 138 g/mol. The minimum atomic E-state index is 0.861. The van der Waals surface area contributed by atoms with E-state index >= 15 is 0 Å². The second kappa shape index (κ2) is 3.23. The van der Waals surface area contributed by atoms with Crippen molar-refractivity contribution in [2.45, 2.75) is 33.6 Å². The first-order valence-corrected chi connectivity index (χ1v) is 4.42. The molecule has 10 heavy (non-hydrogen) atoms. The molecule has 58 valence electrons. The first kappa shape index (κ1) is 7.84. The Labute approximate surface area is 64.3 Å². The molecule has 0 aromatic heterocycles. The van der Waals surface area contributed by atoms with Gasteiger partial charge in [0.15, 0.2) is 0 Å². The molecule has 0 saturated carbocycles. The maximum atomic E-state index is 2.39. The molecule has 1 aliphatic rings. The summed E-state index contributed by atoms with van der Waals surface area (Å²) in [6, 6.07) is 0. The third kappa shape index (κ3) is 1.42. The number of hydrogen-bond donors (Lipinski definition) is 0. The van der Waals surface area contributed by atoms with E-state index in [0.717, 1.165) is 17.8 Å². The van der Waals surface area contributed by atoms with Crippen LogP contribution in [0.1, 0.15) is 33.6 Å². The van der Waals surface area contributed by atoms with Crippen molar-refractivity contribution < 1.29 is 0 Å². The summed E-state index contributed by atoms with van der Waals surface area (Å²) in [4.78, 5) is 0. The van der Waals surface area contributed by atoms with Crippen LogP contribution in [0, 0.1) is 17.8 Å². The summed E-state index contributed by atoms with van der Waals surface area (Å²) in [7, 11) is 0. The largest absolute Gasteiger partial charge is 0.0879 e. The van der Waals surface area contributed by atoms with Crippen LogP contribution < -0.4 is 0 Å². The van der Waals surface area contributed by atoms with Crippen LogP contribution in [0.25, 0.3) is 0 Å². The van der Waals surface area contributed by atoms with Crippen molar-refractivity contribution in [1.29, 1.82) is 0 Å². The first-order chi connectivity index (χ1) is 4.75. The standard InChI is InChI=1S/C10H18/c1-4-9-6-5-7-10(9)8(2)3/h5-6,8-10H,4,7H2,1-3H3. The maximum absolute atomic E-state index is 2.39. The van der Waals surface area contributed by atoms with Gasteiger partial charge in [0.2, 0.25) is 0 Å². The highest BCUT2D eigenvalue weighted by molar-refractivity contribution is 5.01. The predicted molar refractivity (Wildman–Crippen MR) is 45.9 cm³/mol. The average Bonchev–Trinajstić information content (AvgIpc) is 2.33. The summed E-state index contributed by atoms with van der Waals surface area (Å²) in [5.41, 5.74) is 0. The van der Waals surface area contributed by atoms with Crippen molar-refractivity contribution >= 4 is 0 Å². The Hall–Kier alpha value is -0.260. The number of rotatable bonds is 2. The summed E-state index contributed by atoms with van der Waals surface area (Å²) >= 11 is 0. The van der Waals surface area contributed by atoms with Crippen LogP contribution in [0.5, 0.6) is 0 Å². The van der Waals surface area contributed by atoms with Gasteiger partial charge in [-0.3, -0.25) is 0 Å². The molecule has 0 N–H and O–H groups in total. The summed E-state index contributed by atoms with van der Waals surface area (Å²) in [5, 5.41) is 0. The summed E-state index contributed by atoms with van der Waals surface area (Å²) in [5.74, 6) is 2.67. The predicted octanol–water partition coefficient (Wildman–Crippen LogP) is 3.24. The van der Waals surface area contributed by atoms with Crippen LogP contribution in [0.15, 0.2) is 12.2 Å². The van der Waals surface area contributed by atoms with Gasteiger partial charge in [-0.25, -0.2) is 0 Å². The van der Waals surface area contributed by atoms with Gasteiger partial charge in [0.25, 0.3) is 0 Å². The van der Waals surface area contributed by atoms with Gasteiger partial charge >= 0.3 is 0 Å². The Morgan fingerprint density at radius 2 is 2.20 bits per heavy atom. The van der Waals surface area contributed by atoms with E-state index in [4.69, 9.17) is 0 Å². The second-order valence-corrected chi connectivity index (χ2v) is 3.64. The van der Waals surface area contributed by atoms with Crippen LogP contribution in [0.4, 0.5) is 0 Å². The van der Waals surface area contributed by atoms with E-state index in [1.54, 1.807) is 0 Å². The molecule has 0 bridgehead atoms. The van der Waals surface area contributed by atoms with E-state index in [2.05, 4.69) is 32.9 Å². The molecule has 0 heterocycles. The normalized spacial score (nSPS) is 32.0. The SMILES string of the molecule is CCC1C=CCC1C(C)C. The van der Waals surface area contributed by atoms with Crippen molar-refractivity contribution in [2.24, 2.45) is 17.8 Å². The van der Waals surface area contributed by atoms with Crippen LogP contribution in [-0.2, 0) is 0 Å². The van der Waals surface area contributed by atoms with Gasteiger partial charge in [-0.15, -0.1) is 0 Å². The zero-order valence-corrected chi connectivity index (χ0v) is 7.30. The fourth-order valence-corrected chi connectivity index (χ4v) is 1.93. The summed E-state index contributed by atoms with van der Waals surface area (Å²) in [6.45, 7) is 6.95. The Morgan fingerprint density at radius 3 is 2.60 bits per heavy atom. The zero-order chi connectivity index (χ0) is 7.56. The smallest absolute Gasteiger partial charge is 0.0202 e. The number of allylic oxidation sites excluding steroid dienone is 2. The molecular formula is C10H18. The van der Waals surface area contributed by atoms with Crippen LogP contribution in [0.3, 0.4) is 0 Å².